The Morgan fingerprint density at radius 1 is 1.42 bits per heavy atom. The van der Waals surface area contributed by atoms with Gasteiger partial charge in [-0.05, 0) is 33.1 Å². The Bertz CT molecular complexity index is 513. The minimum Gasteiger partial charge on any atom is -0.377 e. The molecule has 1 aliphatic heterocycles. The average molecular weight is 287 g/mol. The number of aryl methyl sites for hydroxylation is 2. The van der Waals surface area contributed by atoms with Crippen molar-refractivity contribution in [1.82, 2.24) is 14.5 Å². The molecular formula is C12H21N3O3S. The standard InChI is InChI=1S/C12H21N3O3S/c1-9-12(10(2)14-13-9)19(16,17)15(3)8-11-6-4-5-7-18-11/h11H,4-8H2,1-3H3,(H,13,14). The topological polar surface area (TPSA) is 75.3 Å². The molecule has 6 nitrogen and oxygen atoms in total. The second-order valence-corrected chi connectivity index (χ2v) is 7.02. The molecule has 0 aromatic carbocycles. The highest BCUT2D eigenvalue weighted by atomic mass is 32.2. The molecule has 1 aromatic rings. The zero-order chi connectivity index (χ0) is 14.0. The van der Waals surface area contributed by atoms with Crippen molar-refractivity contribution in [3.63, 3.8) is 0 Å². The van der Waals surface area contributed by atoms with Gasteiger partial charge in [0.25, 0.3) is 0 Å². The molecule has 0 saturated carbocycles. The molecule has 2 rings (SSSR count). The number of rotatable bonds is 4. The van der Waals surface area contributed by atoms with Crippen LogP contribution in [0.15, 0.2) is 4.90 Å². The summed E-state index contributed by atoms with van der Waals surface area (Å²) in [6.45, 7) is 4.54. The van der Waals surface area contributed by atoms with Crippen LogP contribution in [0.3, 0.4) is 0 Å². The van der Waals surface area contributed by atoms with E-state index in [0.717, 1.165) is 25.9 Å². The summed E-state index contributed by atoms with van der Waals surface area (Å²) in [4.78, 5) is 0.283. The van der Waals surface area contributed by atoms with Crippen LogP contribution < -0.4 is 0 Å². The van der Waals surface area contributed by atoms with Crippen LogP contribution in [-0.2, 0) is 14.8 Å². The normalized spacial score (nSPS) is 20.9. The third-order valence-electron chi connectivity index (χ3n) is 3.46. The highest BCUT2D eigenvalue weighted by molar-refractivity contribution is 7.89. The molecule has 1 unspecified atom stereocenters. The average Bonchev–Trinajstić information content (AvgIpc) is 2.70. The fourth-order valence-electron chi connectivity index (χ4n) is 2.41. The fraction of sp³-hybridized carbons (Fsp3) is 0.750. The zero-order valence-electron chi connectivity index (χ0n) is 11.6. The number of likely N-dealkylation sites (N-methyl/N-ethyl adjacent to an activating group) is 1. The molecule has 7 heteroatoms. The van der Waals surface area contributed by atoms with Crippen molar-refractivity contribution < 1.29 is 13.2 Å². The smallest absolute Gasteiger partial charge is 0.246 e. The maximum absolute atomic E-state index is 12.5. The van der Waals surface area contributed by atoms with Crippen molar-refractivity contribution in [2.45, 2.75) is 44.1 Å². The molecule has 19 heavy (non-hydrogen) atoms. The third-order valence-corrected chi connectivity index (χ3v) is 5.55. The molecule has 1 saturated heterocycles. The van der Waals surface area contributed by atoms with Crippen LogP contribution >= 0.6 is 0 Å². The molecule has 1 aromatic heterocycles. The fourth-order valence-corrected chi connectivity index (χ4v) is 3.94. The first-order chi connectivity index (χ1) is 8.93. The molecule has 2 heterocycles. The van der Waals surface area contributed by atoms with Crippen LogP contribution in [-0.4, -0.2) is 49.2 Å². The minimum absolute atomic E-state index is 0.000961. The Morgan fingerprint density at radius 3 is 2.68 bits per heavy atom. The Hall–Kier alpha value is -0.920. The van der Waals surface area contributed by atoms with Crippen LogP contribution in [0.2, 0.25) is 0 Å². The summed E-state index contributed by atoms with van der Waals surface area (Å²) in [5.74, 6) is 0. The van der Waals surface area contributed by atoms with Crippen LogP contribution in [0.5, 0.6) is 0 Å². The van der Waals surface area contributed by atoms with Gasteiger partial charge in [-0.25, -0.2) is 8.42 Å². The van der Waals surface area contributed by atoms with E-state index in [9.17, 15) is 8.42 Å². The van der Waals surface area contributed by atoms with Crippen molar-refractivity contribution >= 4 is 10.0 Å². The van der Waals surface area contributed by atoms with Crippen molar-refractivity contribution in [3.8, 4) is 0 Å². The maximum Gasteiger partial charge on any atom is 0.246 e. The molecule has 0 amide bonds. The lowest BCUT2D eigenvalue weighted by molar-refractivity contribution is 0.00858. The van der Waals surface area contributed by atoms with E-state index in [1.165, 1.54) is 4.31 Å². The summed E-state index contributed by atoms with van der Waals surface area (Å²) >= 11 is 0. The van der Waals surface area contributed by atoms with Gasteiger partial charge < -0.3 is 4.74 Å². The SMILES string of the molecule is Cc1n[nH]c(C)c1S(=O)(=O)N(C)CC1CCCCO1. The molecule has 1 atom stereocenters. The maximum atomic E-state index is 12.5. The van der Waals surface area contributed by atoms with Gasteiger partial charge in [0.15, 0.2) is 0 Å². The van der Waals surface area contributed by atoms with E-state index >= 15 is 0 Å². The monoisotopic (exact) mass is 287 g/mol. The van der Waals surface area contributed by atoms with Gasteiger partial charge in [0, 0.05) is 20.2 Å². The van der Waals surface area contributed by atoms with E-state index in [-0.39, 0.29) is 11.0 Å². The van der Waals surface area contributed by atoms with Crippen LogP contribution in [0, 0.1) is 13.8 Å². The van der Waals surface area contributed by atoms with Crippen LogP contribution in [0.25, 0.3) is 0 Å². The highest BCUT2D eigenvalue weighted by Crippen LogP contribution is 2.22. The van der Waals surface area contributed by atoms with E-state index < -0.39 is 10.0 Å². The molecule has 0 bridgehead atoms. The van der Waals surface area contributed by atoms with Crippen LogP contribution in [0.1, 0.15) is 30.7 Å². The Labute approximate surface area is 114 Å². The van der Waals surface area contributed by atoms with Gasteiger partial charge in [-0.15, -0.1) is 0 Å². The van der Waals surface area contributed by atoms with E-state index in [4.69, 9.17) is 4.74 Å². The summed E-state index contributed by atoms with van der Waals surface area (Å²) in [7, 11) is -1.90. The largest absolute Gasteiger partial charge is 0.377 e. The van der Waals surface area contributed by atoms with Crippen molar-refractivity contribution in [2.75, 3.05) is 20.2 Å². The summed E-state index contributed by atoms with van der Waals surface area (Å²) < 4.78 is 32.0. The quantitative estimate of drug-likeness (QED) is 0.903. The van der Waals surface area contributed by atoms with E-state index in [0.29, 0.717) is 17.9 Å². The third kappa shape index (κ3) is 2.98. The first-order valence-corrected chi connectivity index (χ1v) is 7.96. The highest BCUT2D eigenvalue weighted by Gasteiger charge is 2.29. The zero-order valence-corrected chi connectivity index (χ0v) is 12.5. The molecule has 0 radical (unpaired) electrons. The van der Waals surface area contributed by atoms with Crippen molar-refractivity contribution in [1.29, 1.82) is 0 Å². The number of ether oxygens (including phenoxy) is 1. The lowest BCUT2D eigenvalue weighted by Gasteiger charge is -2.27. The Balaban J connectivity index is 2.15. The lowest BCUT2D eigenvalue weighted by Crippen LogP contribution is -2.37. The van der Waals surface area contributed by atoms with Gasteiger partial charge in [0.05, 0.1) is 17.5 Å². The lowest BCUT2D eigenvalue weighted by atomic mass is 10.1. The number of aromatic amines is 1. The van der Waals surface area contributed by atoms with Gasteiger partial charge in [-0.2, -0.15) is 9.40 Å². The summed E-state index contributed by atoms with van der Waals surface area (Å²) in [6.07, 6.45) is 3.08. The molecule has 1 aliphatic rings. The summed E-state index contributed by atoms with van der Waals surface area (Å²) in [6, 6.07) is 0. The predicted molar refractivity (Wildman–Crippen MR) is 71.5 cm³/mol. The van der Waals surface area contributed by atoms with Gasteiger partial charge in [-0.3, -0.25) is 5.10 Å². The number of H-pyrrole nitrogens is 1. The number of hydrogen-bond donors (Lipinski definition) is 1. The second-order valence-electron chi connectivity index (χ2n) is 5.04. The van der Waals surface area contributed by atoms with Gasteiger partial charge in [-0.1, -0.05) is 0 Å². The number of aromatic nitrogens is 2. The van der Waals surface area contributed by atoms with Crippen molar-refractivity contribution in [2.24, 2.45) is 0 Å². The summed E-state index contributed by atoms with van der Waals surface area (Å²) in [5, 5.41) is 6.66. The second kappa shape index (κ2) is 5.60. The van der Waals surface area contributed by atoms with Crippen LogP contribution in [0.4, 0.5) is 0 Å². The van der Waals surface area contributed by atoms with Crippen molar-refractivity contribution in [3.05, 3.63) is 11.4 Å². The molecule has 0 aliphatic carbocycles. The van der Waals surface area contributed by atoms with Gasteiger partial charge >= 0.3 is 0 Å². The molecule has 1 fully saturated rings. The summed E-state index contributed by atoms with van der Waals surface area (Å²) in [5.41, 5.74) is 1.09. The first kappa shape index (κ1) is 14.5. The Kier molecular flexibility index (Phi) is 4.27. The first-order valence-electron chi connectivity index (χ1n) is 6.52. The van der Waals surface area contributed by atoms with Gasteiger partial charge in [0.1, 0.15) is 4.90 Å². The van der Waals surface area contributed by atoms with E-state index in [1.54, 1.807) is 20.9 Å². The molecule has 0 spiro atoms. The molecule has 1 N–H and O–H groups in total. The number of hydrogen-bond acceptors (Lipinski definition) is 4. The number of nitrogens with zero attached hydrogens (tertiary/aromatic N) is 2. The van der Waals surface area contributed by atoms with Gasteiger partial charge in [0.2, 0.25) is 10.0 Å². The number of nitrogens with one attached hydrogen (secondary N) is 1. The predicted octanol–water partition coefficient (Wildman–Crippen LogP) is 1.22. The van der Waals surface area contributed by atoms with E-state index in [2.05, 4.69) is 10.2 Å². The van der Waals surface area contributed by atoms with E-state index in [1.807, 2.05) is 0 Å². The Morgan fingerprint density at radius 2 is 2.16 bits per heavy atom. The minimum atomic E-state index is -3.50. The number of sulfonamides is 1. The molecule has 108 valence electrons. The molecular weight excluding hydrogens is 266 g/mol.